The second-order valence-corrected chi connectivity index (χ2v) is 5.56. The highest BCUT2D eigenvalue weighted by Gasteiger charge is 2.28. The van der Waals surface area contributed by atoms with Crippen LogP contribution in [0.2, 0.25) is 0 Å². The number of halogens is 1. The highest BCUT2D eigenvalue weighted by molar-refractivity contribution is 6.16. The number of alkyl halides is 1. The molecule has 0 saturated carbocycles. The Morgan fingerprint density at radius 2 is 2.12 bits per heavy atom. The van der Waals surface area contributed by atoms with Crippen molar-refractivity contribution < 1.29 is 0 Å². The fourth-order valence-electron chi connectivity index (χ4n) is 2.39. The molecule has 0 aromatic carbocycles. The molecule has 0 amide bonds. The van der Waals surface area contributed by atoms with E-state index >= 15 is 0 Å². The molecule has 2 rings (SSSR count). The summed E-state index contributed by atoms with van der Waals surface area (Å²) in [6.45, 7) is 7.00. The lowest BCUT2D eigenvalue weighted by molar-refractivity contribution is 0.238. The molecule has 0 N–H and O–H groups in total. The number of rotatable bonds is 3. The smallest absolute Gasteiger partial charge is 0.0648 e. The summed E-state index contributed by atoms with van der Waals surface area (Å²) in [5, 5.41) is 0. The summed E-state index contributed by atoms with van der Waals surface area (Å²) in [7, 11) is 0. The van der Waals surface area contributed by atoms with Crippen molar-refractivity contribution in [3.63, 3.8) is 0 Å². The molecule has 0 aliphatic carbocycles. The Morgan fingerprint density at radius 1 is 1.41 bits per heavy atom. The van der Waals surface area contributed by atoms with Crippen molar-refractivity contribution in [2.24, 2.45) is 5.41 Å². The normalized spacial score (nSPS) is 19.4. The van der Waals surface area contributed by atoms with E-state index in [0.717, 1.165) is 18.8 Å². The van der Waals surface area contributed by atoms with Crippen LogP contribution in [0.3, 0.4) is 0 Å². The maximum absolute atomic E-state index is 5.82. The lowest BCUT2D eigenvalue weighted by Crippen LogP contribution is -2.38. The van der Waals surface area contributed by atoms with Gasteiger partial charge in [0.1, 0.15) is 0 Å². The first-order valence-electron chi connectivity index (χ1n) is 6.43. The number of nitrogens with zero attached hydrogens (tertiary/aromatic N) is 2. The minimum Gasteiger partial charge on any atom is -0.371 e. The van der Waals surface area contributed by atoms with Gasteiger partial charge in [0, 0.05) is 25.0 Å². The van der Waals surface area contributed by atoms with Crippen LogP contribution in [0, 0.1) is 5.41 Å². The molecule has 1 aliphatic rings. The van der Waals surface area contributed by atoms with Gasteiger partial charge in [0.15, 0.2) is 0 Å². The van der Waals surface area contributed by atoms with Gasteiger partial charge >= 0.3 is 0 Å². The van der Waals surface area contributed by atoms with E-state index in [1.807, 2.05) is 6.20 Å². The Bertz CT molecular complexity index is 370. The predicted octanol–water partition coefficient (Wildman–Crippen LogP) is 3.84. The predicted molar refractivity (Wildman–Crippen MR) is 73.6 cm³/mol. The summed E-state index contributed by atoms with van der Waals surface area (Å²) in [6, 6.07) is 4.20. The molecule has 0 unspecified atom stereocenters. The first kappa shape index (κ1) is 12.7. The van der Waals surface area contributed by atoms with Crippen LogP contribution in [-0.4, -0.2) is 18.1 Å². The molecule has 0 bridgehead atoms. The van der Waals surface area contributed by atoms with Gasteiger partial charge < -0.3 is 4.90 Å². The molecule has 2 nitrogen and oxygen atoms in total. The van der Waals surface area contributed by atoms with E-state index < -0.39 is 0 Å². The SMILES string of the molecule is CCC1(C)CCN(c2ccnc(CCl)c2)CC1. The molecule has 0 spiro atoms. The number of pyridine rings is 1. The molecule has 2 heterocycles. The van der Waals surface area contributed by atoms with Gasteiger partial charge in [-0.3, -0.25) is 4.98 Å². The van der Waals surface area contributed by atoms with Gasteiger partial charge in [-0.1, -0.05) is 20.3 Å². The van der Waals surface area contributed by atoms with Crippen LogP contribution in [0.4, 0.5) is 5.69 Å². The molecule has 1 fully saturated rings. The molecule has 0 atom stereocenters. The van der Waals surface area contributed by atoms with Gasteiger partial charge in [-0.25, -0.2) is 0 Å². The Kier molecular flexibility index (Phi) is 3.93. The lowest BCUT2D eigenvalue weighted by Gasteiger charge is -2.40. The molecule has 1 aromatic rings. The fourth-order valence-corrected chi connectivity index (χ4v) is 2.54. The highest BCUT2D eigenvalue weighted by Crippen LogP contribution is 2.35. The van der Waals surface area contributed by atoms with E-state index in [1.165, 1.54) is 24.9 Å². The Morgan fingerprint density at radius 3 is 2.71 bits per heavy atom. The van der Waals surface area contributed by atoms with E-state index in [-0.39, 0.29) is 0 Å². The first-order valence-corrected chi connectivity index (χ1v) is 6.96. The van der Waals surface area contributed by atoms with Crippen LogP contribution in [-0.2, 0) is 5.88 Å². The topological polar surface area (TPSA) is 16.1 Å². The zero-order valence-electron chi connectivity index (χ0n) is 10.7. The van der Waals surface area contributed by atoms with Gasteiger partial charge in [0.2, 0.25) is 0 Å². The Hall–Kier alpha value is -0.760. The molecule has 94 valence electrons. The third-order valence-corrected chi connectivity index (χ3v) is 4.40. The summed E-state index contributed by atoms with van der Waals surface area (Å²) < 4.78 is 0. The molecule has 17 heavy (non-hydrogen) atoms. The highest BCUT2D eigenvalue weighted by atomic mass is 35.5. The minimum absolute atomic E-state index is 0.494. The fraction of sp³-hybridized carbons (Fsp3) is 0.643. The molecule has 3 heteroatoms. The van der Waals surface area contributed by atoms with Crippen LogP contribution in [0.15, 0.2) is 18.3 Å². The summed E-state index contributed by atoms with van der Waals surface area (Å²) >= 11 is 5.82. The number of aromatic nitrogens is 1. The summed E-state index contributed by atoms with van der Waals surface area (Å²) in [6.07, 6.45) is 5.70. The summed E-state index contributed by atoms with van der Waals surface area (Å²) in [4.78, 5) is 6.69. The van der Waals surface area contributed by atoms with E-state index in [4.69, 9.17) is 11.6 Å². The first-order chi connectivity index (χ1) is 8.17. The summed E-state index contributed by atoms with van der Waals surface area (Å²) in [5.74, 6) is 0.494. The standard InChI is InChI=1S/C14H21ClN2/c1-3-14(2)5-8-17(9-6-14)13-4-7-16-12(10-13)11-15/h4,7,10H,3,5-6,8-9,11H2,1-2H3. The van der Waals surface area contributed by atoms with Gasteiger partial charge in [0.25, 0.3) is 0 Å². The average Bonchev–Trinajstić information content (AvgIpc) is 2.40. The lowest BCUT2D eigenvalue weighted by atomic mass is 9.78. The number of piperidine rings is 1. The van der Waals surface area contributed by atoms with Crippen LogP contribution >= 0.6 is 11.6 Å². The van der Waals surface area contributed by atoms with Crippen molar-refractivity contribution in [2.45, 2.75) is 39.0 Å². The van der Waals surface area contributed by atoms with Crippen molar-refractivity contribution in [3.05, 3.63) is 24.0 Å². The van der Waals surface area contributed by atoms with Gasteiger partial charge in [-0.2, -0.15) is 0 Å². The van der Waals surface area contributed by atoms with Crippen LogP contribution in [0.5, 0.6) is 0 Å². The second-order valence-electron chi connectivity index (χ2n) is 5.29. The van der Waals surface area contributed by atoms with Crippen molar-refractivity contribution >= 4 is 17.3 Å². The van der Waals surface area contributed by atoms with Crippen molar-refractivity contribution in [1.29, 1.82) is 0 Å². The molecular formula is C14H21ClN2. The molecule has 1 saturated heterocycles. The van der Waals surface area contributed by atoms with E-state index in [9.17, 15) is 0 Å². The minimum atomic E-state index is 0.494. The number of anilines is 1. The zero-order valence-corrected chi connectivity index (χ0v) is 11.5. The maximum atomic E-state index is 5.82. The third-order valence-electron chi connectivity index (χ3n) is 4.13. The number of hydrogen-bond acceptors (Lipinski definition) is 2. The van der Waals surface area contributed by atoms with Crippen molar-refractivity contribution in [1.82, 2.24) is 4.98 Å². The molecule has 1 aromatic heterocycles. The molecule has 1 aliphatic heterocycles. The Labute approximate surface area is 109 Å². The van der Waals surface area contributed by atoms with Crippen molar-refractivity contribution in [3.8, 4) is 0 Å². The molecule has 0 radical (unpaired) electrons. The van der Waals surface area contributed by atoms with Gasteiger partial charge in [0.05, 0.1) is 11.6 Å². The van der Waals surface area contributed by atoms with Crippen LogP contribution in [0.1, 0.15) is 38.8 Å². The van der Waals surface area contributed by atoms with Crippen LogP contribution in [0.25, 0.3) is 0 Å². The monoisotopic (exact) mass is 252 g/mol. The van der Waals surface area contributed by atoms with Gasteiger partial charge in [-0.05, 0) is 30.4 Å². The van der Waals surface area contributed by atoms with E-state index in [0.29, 0.717) is 11.3 Å². The maximum Gasteiger partial charge on any atom is 0.0648 e. The van der Waals surface area contributed by atoms with E-state index in [2.05, 4.69) is 35.9 Å². The van der Waals surface area contributed by atoms with E-state index in [1.54, 1.807) is 0 Å². The second kappa shape index (κ2) is 5.26. The quantitative estimate of drug-likeness (QED) is 0.760. The zero-order chi connectivity index (χ0) is 12.3. The Balaban J connectivity index is 2.05. The van der Waals surface area contributed by atoms with Crippen LogP contribution < -0.4 is 4.90 Å². The largest absolute Gasteiger partial charge is 0.371 e. The van der Waals surface area contributed by atoms with Crippen molar-refractivity contribution in [2.75, 3.05) is 18.0 Å². The molecular weight excluding hydrogens is 232 g/mol. The summed E-state index contributed by atoms with van der Waals surface area (Å²) in [5.41, 5.74) is 2.78. The third kappa shape index (κ3) is 2.92. The average molecular weight is 253 g/mol. The number of hydrogen-bond donors (Lipinski definition) is 0. The van der Waals surface area contributed by atoms with Gasteiger partial charge in [-0.15, -0.1) is 11.6 Å².